The molecule has 16 heteroatoms. The maximum Gasteiger partial charge on any atom is 0.431 e. The lowest BCUT2D eigenvalue weighted by Gasteiger charge is -2.43. The van der Waals surface area contributed by atoms with E-state index in [1.807, 2.05) is 0 Å². The van der Waals surface area contributed by atoms with E-state index in [0.717, 1.165) is 0 Å². The largest absolute Gasteiger partial charge is 0.431 e. The van der Waals surface area contributed by atoms with E-state index in [0.29, 0.717) is 0 Å². The Morgan fingerprint density at radius 1 is 0.615 bits per heavy atom. The zero-order valence-electron chi connectivity index (χ0n) is 11.6. The molecule has 1 fully saturated rings. The molecule has 1 aliphatic heterocycles. The van der Waals surface area contributed by atoms with Crippen LogP contribution in [0.4, 0.5) is 65.9 Å². The van der Waals surface area contributed by atoms with Crippen molar-refractivity contribution in [1.82, 2.24) is 0 Å². The van der Waals surface area contributed by atoms with E-state index in [1.54, 1.807) is 0 Å². The molecule has 0 amide bonds. The van der Waals surface area contributed by atoms with Gasteiger partial charge in [-0.2, -0.15) is 57.1 Å². The number of epoxide rings is 1. The van der Waals surface area contributed by atoms with Crippen LogP contribution in [-0.2, 0) is 4.74 Å². The number of rotatable bonds is 7. The first-order chi connectivity index (χ1) is 11.2. The van der Waals surface area contributed by atoms with Crippen molar-refractivity contribution < 1.29 is 70.6 Å². The third-order valence-electron chi connectivity index (χ3n) is 3.47. The normalized spacial score (nSPS) is 23.0. The maximum atomic E-state index is 13.2. The molecule has 0 N–H and O–H groups in total. The van der Waals surface area contributed by atoms with Crippen molar-refractivity contribution in [2.75, 3.05) is 13.3 Å². The van der Waals surface area contributed by atoms with Crippen molar-refractivity contribution in [1.29, 1.82) is 0 Å². The minimum Gasteiger partial charge on any atom is -0.366 e. The summed E-state index contributed by atoms with van der Waals surface area (Å²) >= 11 is 0. The molecule has 0 aliphatic carbocycles. The third-order valence-corrected chi connectivity index (χ3v) is 3.47. The van der Waals surface area contributed by atoms with Gasteiger partial charge in [0.2, 0.25) is 0 Å². The number of ether oxygens (including phenoxy) is 1. The summed E-state index contributed by atoms with van der Waals surface area (Å²) in [5, 5.41) is 0. The maximum absolute atomic E-state index is 13.2. The van der Waals surface area contributed by atoms with Crippen LogP contribution in [0.1, 0.15) is 0 Å². The summed E-state index contributed by atoms with van der Waals surface area (Å²) in [5.74, 6) is -37.6. The highest BCUT2D eigenvalue weighted by Gasteiger charge is 2.93. The fourth-order valence-corrected chi connectivity index (χ4v) is 1.65. The smallest absolute Gasteiger partial charge is 0.366 e. The van der Waals surface area contributed by atoms with Gasteiger partial charge in [-0.1, -0.05) is 0 Å². The van der Waals surface area contributed by atoms with Crippen molar-refractivity contribution in [2.45, 2.75) is 47.6 Å². The van der Waals surface area contributed by atoms with E-state index in [4.69, 9.17) is 0 Å². The Morgan fingerprint density at radius 2 is 0.962 bits per heavy atom. The topological polar surface area (TPSA) is 12.5 Å². The predicted molar refractivity (Wildman–Crippen MR) is 50.3 cm³/mol. The lowest BCUT2D eigenvalue weighted by atomic mass is 9.85. The van der Waals surface area contributed by atoms with Crippen LogP contribution in [0.2, 0.25) is 0 Å². The minimum absolute atomic E-state index is 1.39. The van der Waals surface area contributed by atoms with Crippen LogP contribution < -0.4 is 0 Å². The summed E-state index contributed by atoms with van der Waals surface area (Å²) in [6.07, 6.45) is -10.4. The molecule has 0 aromatic heterocycles. The number of halogens is 15. The molecule has 0 radical (unpaired) electrons. The summed E-state index contributed by atoms with van der Waals surface area (Å²) in [5.41, 5.74) is -7.08. The summed E-state index contributed by atoms with van der Waals surface area (Å²) in [7, 11) is 0. The predicted octanol–water partition coefficient (Wildman–Crippen LogP) is 4.80. The van der Waals surface area contributed by atoms with Crippen LogP contribution in [0.15, 0.2) is 0 Å². The van der Waals surface area contributed by atoms with Gasteiger partial charge in [-0.3, -0.25) is 0 Å². The molecule has 2 unspecified atom stereocenters. The SMILES string of the molecule is FCC(F)(C(F)(F)F)C(F)(F)C(F)(F)C(F)(F)C(F)(F)C(F)(F)C1CO1. The van der Waals surface area contributed by atoms with E-state index in [2.05, 4.69) is 4.74 Å². The highest BCUT2D eigenvalue weighted by molar-refractivity contribution is 5.17. The standard InChI is InChI=1S/C10H5F15O/c11-2-4(12,10(23,24)25)6(15,16)8(19,20)9(21,22)7(17,18)5(13,14)3-1-26-3/h3H,1-2H2. The summed E-state index contributed by atoms with van der Waals surface area (Å²) in [4.78, 5) is 0. The molecule has 26 heavy (non-hydrogen) atoms. The molecular weight excluding hydrogens is 421 g/mol. The second-order valence-electron chi connectivity index (χ2n) is 5.18. The summed E-state index contributed by atoms with van der Waals surface area (Å²) in [6.45, 7) is -5.48. The van der Waals surface area contributed by atoms with Gasteiger partial charge in [0.15, 0.2) is 6.10 Å². The Kier molecular flexibility index (Phi) is 5.03. The molecule has 0 aromatic carbocycles. The number of hydrogen-bond donors (Lipinski definition) is 0. The molecule has 0 bridgehead atoms. The van der Waals surface area contributed by atoms with Crippen LogP contribution in [0.3, 0.4) is 0 Å². The third kappa shape index (κ3) is 2.61. The summed E-state index contributed by atoms with van der Waals surface area (Å²) in [6, 6.07) is 0. The van der Waals surface area contributed by atoms with Gasteiger partial charge in [0.05, 0.1) is 6.61 Å². The van der Waals surface area contributed by atoms with E-state index in [9.17, 15) is 65.9 Å². The van der Waals surface area contributed by atoms with Crippen LogP contribution in [0.5, 0.6) is 0 Å². The highest BCUT2D eigenvalue weighted by Crippen LogP contribution is 2.63. The lowest BCUT2D eigenvalue weighted by molar-refractivity contribution is -0.435. The van der Waals surface area contributed by atoms with Gasteiger partial charge in [0, 0.05) is 0 Å². The Balaban J connectivity index is 3.54. The second-order valence-corrected chi connectivity index (χ2v) is 5.18. The van der Waals surface area contributed by atoms with Crippen LogP contribution in [0.25, 0.3) is 0 Å². The molecule has 1 heterocycles. The fourth-order valence-electron chi connectivity index (χ4n) is 1.65. The molecule has 156 valence electrons. The zero-order chi connectivity index (χ0) is 21.2. The first-order valence-corrected chi connectivity index (χ1v) is 5.99. The molecule has 1 saturated heterocycles. The van der Waals surface area contributed by atoms with E-state index < -0.39 is 60.8 Å². The molecule has 1 rings (SSSR count). The van der Waals surface area contributed by atoms with Gasteiger partial charge in [0.1, 0.15) is 6.67 Å². The summed E-state index contributed by atoms with van der Waals surface area (Å²) < 4.78 is 197. The molecule has 1 nitrogen and oxygen atoms in total. The minimum atomic E-state index is -8.10. The first kappa shape index (κ1) is 23.0. The second kappa shape index (κ2) is 5.70. The molecule has 1 aliphatic rings. The van der Waals surface area contributed by atoms with Crippen molar-refractivity contribution in [2.24, 2.45) is 0 Å². The molecular formula is C10H5F15O. The van der Waals surface area contributed by atoms with Gasteiger partial charge in [-0.05, 0) is 0 Å². The van der Waals surface area contributed by atoms with Gasteiger partial charge < -0.3 is 4.74 Å². The van der Waals surface area contributed by atoms with Crippen LogP contribution in [0, 0.1) is 0 Å². The van der Waals surface area contributed by atoms with Crippen molar-refractivity contribution in [3.05, 3.63) is 0 Å². The van der Waals surface area contributed by atoms with Gasteiger partial charge in [0.25, 0.3) is 0 Å². The van der Waals surface area contributed by atoms with E-state index in [-0.39, 0.29) is 0 Å². The van der Waals surface area contributed by atoms with Gasteiger partial charge in [-0.25, -0.2) is 8.78 Å². The van der Waals surface area contributed by atoms with E-state index >= 15 is 0 Å². The fraction of sp³-hybridized carbons (Fsp3) is 1.00. The zero-order valence-corrected chi connectivity index (χ0v) is 11.6. The highest BCUT2D eigenvalue weighted by atomic mass is 19.4. The van der Waals surface area contributed by atoms with Crippen LogP contribution in [-0.4, -0.2) is 60.8 Å². The first-order valence-electron chi connectivity index (χ1n) is 5.99. The average Bonchev–Trinajstić information content (AvgIpc) is 3.28. The number of alkyl halides is 15. The Labute approximate surface area is 133 Å². The lowest BCUT2D eigenvalue weighted by Crippen LogP contribution is -2.74. The molecule has 0 saturated carbocycles. The monoisotopic (exact) mass is 426 g/mol. The Morgan fingerprint density at radius 3 is 1.23 bits per heavy atom. The van der Waals surface area contributed by atoms with Crippen molar-refractivity contribution >= 4 is 0 Å². The number of hydrogen-bond acceptors (Lipinski definition) is 1. The van der Waals surface area contributed by atoms with Crippen molar-refractivity contribution in [3.8, 4) is 0 Å². The van der Waals surface area contributed by atoms with E-state index in [1.165, 1.54) is 0 Å². The van der Waals surface area contributed by atoms with Gasteiger partial charge >= 0.3 is 41.5 Å². The average molecular weight is 426 g/mol. The molecule has 2 atom stereocenters. The molecule has 0 aromatic rings. The van der Waals surface area contributed by atoms with Crippen LogP contribution >= 0.6 is 0 Å². The Bertz CT molecular complexity index is 533. The van der Waals surface area contributed by atoms with Gasteiger partial charge in [-0.15, -0.1) is 0 Å². The van der Waals surface area contributed by atoms with Crippen molar-refractivity contribution in [3.63, 3.8) is 0 Å². The quantitative estimate of drug-likeness (QED) is 0.421. The molecule has 0 spiro atoms. The Hall–Kier alpha value is -1.09.